The maximum atomic E-state index is 10.7. The van der Waals surface area contributed by atoms with Gasteiger partial charge in [0.1, 0.15) is 6.04 Å². The standard InChI is InChI=1S/C11H12N2O2.C2H6/c14-11(15)10-7-9(12-13-10)6-8-4-2-1-3-5-8;1-2/h1-5,10,13H,6-7H2,(H,14,15);1-2H3. The summed E-state index contributed by atoms with van der Waals surface area (Å²) in [6.07, 6.45) is 1.21. The lowest BCUT2D eigenvalue weighted by Crippen LogP contribution is -2.29. The van der Waals surface area contributed by atoms with E-state index in [0.29, 0.717) is 6.42 Å². The molecule has 0 bridgehead atoms. The summed E-state index contributed by atoms with van der Waals surface area (Å²) in [5.74, 6) is -0.846. The van der Waals surface area contributed by atoms with E-state index < -0.39 is 12.0 Å². The number of hydrogen-bond donors (Lipinski definition) is 2. The molecule has 2 rings (SSSR count). The number of carboxylic acids is 1. The van der Waals surface area contributed by atoms with Gasteiger partial charge in [-0.05, 0) is 5.56 Å². The Morgan fingerprint density at radius 3 is 2.59 bits per heavy atom. The molecule has 1 aliphatic heterocycles. The van der Waals surface area contributed by atoms with Crippen molar-refractivity contribution in [3.05, 3.63) is 35.9 Å². The van der Waals surface area contributed by atoms with Gasteiger partial charge in [0.05, 0.1) is 0 Å². The zero-order valence-corrected chi connectivity index (χ0v) is 10.2. The van der Waals surface area contributed by atoms with Crippen molar-refractivity contribution in [1.29, 1.82) is 0 Å². The van der Waals surface area contributed by atoms with Gasteiger partial charge in [-0.1, -0.05) is 44.2 Å². The number of aliphatic carboxylic acids is 1. The molecular weight excluding hydrogens is 216 g/mol. The molecule has 4 nitrogen and oxygen atoms in total. The molecule has 1 aromatic carbocycles. The van der Waals surface area contributed by atoms with Crippen LogP contribution in [0.25, 0.3) is 0 Å². The van der Waals surface area contributed by atoms with Gasteiger partial charge in [-0.3, -0.25) is 5.43 Å². The molecule has 0 amide bonds. The van der Waals surface area contributed by atoms with E-state index in [-0.39, 0.29) is 0 Å². The van der Waals surface area contributed by atoms with Crippen molar-refractivity contribution in [1.82, 2.24) is 5.43 Å². The molecule has 0 radical (unpaired) electrons. The van der Waals surface area contributed by atoms with E-state index in [1.165, 1.54) is 0 Å². The van der Waals surface area contributed by atoms with Gasteiger partial charge in [0, 0.05) is 18.6 Å². The number of hydrazone groups is 1. The average Bonchev–Trinajstić information content (AvgIpc) is 2.82. The van der Waals surface area contributed by atoms with Crippen molar-refractivity contribution in [2.24, 2.45) is 5.10 Å². The minimum atomic E-state index is -0.846. The van der Waals surface area contributed by atoms with Crippen LogP contribution >= 0.6 is 0 Å². The summed E-state index contributed by atoms with van der Waals surface area (Å²) in [7, 11) is 0. The SMILES string of the molecule is CC.O=C(O)C1CC(Cc2ccccc2)=NN1. The van der Waals surface area contributed by atoms with Crippen LogP contribution in [-0.2, 0) is 11.2 Å². The second kappa shape index (κ2) is 6.68. The van der Waals surface area contributed by atoms with Crippen LogP contribution in [0.2, 0.25) is 0 Å². The molecule has 0 aliphatic carbocycles. The van der Waals surface area contributed by atoms with E-state index in [2.05, 4.69) is 10.5 Å². The predicted molar refractivity (Wildman–Crippen MR) is 68.1 cm³/mol. The number of rotatable bonds is 3. The first-order valence-corrected chi connectivity index (χ1v) is 5.83. The summed E-state index contributed by atoms with van der Waals surface area (Å²) in [6.45, 7) is 4.00. The van der Waals surface area contributed by atoms with Gasteiger partial charge < -0.3 is 5.11 Å². The quantitative estimate of drug-likeness (QED) is 0.841. The normalized spacial score (nSPS) is 17.5. The minimum Gasteiger partial charge on any atom is -0.480 e. The summed E-state index contributed by atoms with van der Waals surface area (Å²) in [6, 6.07) is 9.36. The molecule has 4 heteroatoms. The molecule has 1 aromatic rings. The lowest BCUT2D eigenvalue weighted by molar-refractivity contribution is -0.139. The van der Waals surface area contributed by atoms with E-state index >= 15 is 0 Å². The van der Waals surface area contributed by atoms with Gasteiger partial charge in [-0.2, -0.15) is 5.10 Å². The van der Waals surface area contributed by atoms with Crippen LogP contribution < -0.4 is 5.43 Å². The molecular formula is C13H18N2O2. The Morgan fingerprint density at radius 1 is 1.41 bits per heavy atom. The number of benzene rings is 1. The van der Waals surface area contributed by atoms with Crippen molar-refractivity contribution in [2.45, 2.75) is 32.7 Å². The third-order valence-electron chi connectivity index (χ3n) is 2.37. The third-order valence-corrected chi connectivity index (χ3v) is 2.37. The molecule has 0 saturated heterocycles. The Balaban J connectivity index is 0.000000686. The molecule has 0 spiro atoms. The summed E-state index contributed by atoms with van der Waals surface area (Å²) in [5.41, 5.74) is 4.67. The molecule has 1 unspecified atom stereocenters. The first-order chi connectivity index (χ1) is 8.25. The molecule has 0 aromatic heterocycles. The fourth-order valence-corrected chi connectivity index (χ4v) is 1.58. The highest BCUT2D eigenvalue weighted by Gasteiger charge is 2.24. The number of nitrogens with one attached hydrogen (secondary N) is 1. The van der Waals surface area contributed by atoms with Crippen LogP contribution in [0, 0.1) is 0 Å². The molecule has 17 heavy (non-hydrogen) atoms. The Labute approximate surface area is 101 Å². The van der Waals surface area contributed by atoms with Crippen molar-refractivity contribution < 1.29 is 9.90 Å². The van der Waals surface area contributed by atoms with Crippen LogP contribution in [0.5, 0.6) is 0 Å². The first kappa shape index (κ1) is 13.2. The highest BCUT2D eigenvalue weighted by molar-refractivity contribution is 5.93. The number of nitrogens with zero attached hydrogens (tertiary/aromatic N) is 1. The summed E-state index contributed by atoms with van der Waals surface area (Å²) < 4.78 is 0. The maximum Gasteiger partial charge on any atom is 0.328 e. The Bertz CT molecular complexity index is 388. The summed E-state index contributed by atoms with van der Waals surface area (Å²) in [4.78, 5) is 10.7. The third kappa shape index (κ3) is 3.90. The largest absolute Gasteiger partial charge is 0.480 e. The number of carbonyl (C=O) groups is 1. The van der Waals surface area contributed by atoms with Gasteiger partial charge >= 0.3 is 5.97 Å². The molecule has 92 valence electrons. The van der Waals surface area contributed by atoms with E-state index in [0.717, 1.165) is 17.7 Å². The van der Waals surface area contributed by atoms with Gasteiger partial charge in [-0.25, -0.2) is 4.79 Å². The Hall–Kier alpha value is -1.84. The molecule has 2 N–H and O–H groups in total. The Kier molecular flexibility index (Phi) is 5.20. The number of hydrogen-bond acceptors (Lipinski definition) is 3. The summed E-state index contributed by atoms with van der Waals surface area (Å²) >= 11 is 0. The average molecular weight is 234 g/mol. The molecule has 1 atom stereocenters. The summed E-state index contributed by atoms with van der Waals surface area (Å²) in [5, 5.41) is 12.8. The predicted octanol–water partition coefficient (Wildman–Crippen LogP) is 2.06. The lowest BCUT2D eigenvalue weighted by Gasteiger charge is -2.02. The monoisotopic (exact) mass is 234 g/mol. The number of carboxylic acid groups (broad SMARTS) is 1. The van der Waals surface area contributed by atoms with Gasteiger partial charge in [0.2, 0.25) is 0 Å². The van der Waals surface area contributed by atoms with Crippen molar-refractivity contribution in [3.8, 4) is 0 Å². The zero-order chi connectivity index (χ0) is 12.7. The lowest BCUT2D eigenvalue weighted by atomic mass is 10.0. The van der Waals surface area contributed by atoms with Crippen LogP contribution in [0.1, 0.15) is 25.8 Å². The van der Waals surface area contributed by atoms with E-state index in [9.17, 15) is 4.79 Å². The fourth-order valence-electron chi connectivity index (χ4n) is 1.58. The van der Waals surface area contributed by atoms with Crippen LogP contribution in [0.4, 0.5) is 0 Å². The maximum absolute atomic E-state index is 10.7. The second-order valence-electron chi connectivity index (χ2n) is 3.56. The molecule has 1 aliphatic rings. The zero-order valence-electron chi connectivity index (χ0n) is 10.2. The smallest absolute Gasteiger partial charge is 0.328 e. The van der Waals surface area contributed by atoms with E-state index in [1.807, 2.05) is 44.2 Å². The fraction of sp³-hybridized carbons (Fsp3) is 0.385. The van der Waals surface area contributed by atoms with Gasteiger partial charge in [-0.15, -0.1) is 0 Å². The molecule has 0 fully saturated rings. The van der Waals surface area contributed by atoms with Crippen molar-refractivity contribution in [3.63, 3.8) is 0 Å². The van der Waals surface area contributed by atoms with Crippen LogP contribution in [0.3, 0.4) is 0 Å². The highest BCUT2D eigenvalue weighted by atomic mass is 16.4. The molecule has 0 saturated carbocycles. The topological polar surface area (TPSA) is 61.7 Å². The van der Waals surface area contributed by atoms with Crippen molar-refractivity contribution in [2.75, 3.05) is 0 Å². The highest BCUT2D eigenvalue weighted by Crippen LogP contribution is 2.09. The second-order valence-corrected chi connectivity index (χ2v) is 3.56. The first-order valence-electron chi connectivity index (χ1n) is 5.83. The minimum absolute atomic E-state index is 0.490. The Morgan fingerprint density at radius 2 is 2.06 bits per heavy atom. The van der Waals surface area contributed by atoms with Crippen LogP contribution in [-0.4, -0.2) is 22.8 Å². The van der Waals surface area contributed by atoms with Crippen molar-refractivity contribution >= 4 is 11.7 Å². The van der Waals surface area contributed by atoms with E-state index in [1.54, 1.807) is 0 Å². The van der Waals surface area contributed by atoms with Crippen LogP contribution in [0.15, 0.2) is 35.4 Å². The van der Waals surface area contributed by atoms with E-state index in [4.69, 9.17) is 5.11 Å². The van der Waals surface area contributed by atoms with Gasteiger partial charge in [0.25, 0.3) is 0 Å². The molecule has 1 heterocycles. The van der Waals surface area contributed by atoms with Gasteiger partial charge in [0.15, 0.2) is 0 Å².